The first-order chi connectivity index (χ1) is 11.8. The van der Waals surface area contributed by atoms with E-state index in [4.69, 9.17) is 4.74 Å². The molecule has 2 aromatic carbocycles. The van der Waals surface area contributed by atoms with Crippen molar-refractivity contribution in [2.45, 2.75) is 25.5 Å². The summed E-state index contributed by atoms with van der Waals surface area (Å²) in [7, 11) is 1.47. The Morgan fingerprint density at radius 1 is 1.00 bits per heavy atom. The van der Waals surface area contributed by atoms with Gasteiger partial charge in [0.1, 0.15) is 18.2 Å². The molecule has 0 heterocycles. The predicted molar refractivity (Wildman–Crippen MR) is 95.2 cm³/mol. The van der Waals surface area contributed by atoms with Crippen LogP contribution < -0.4 is 0 Å². The second kappa shape index (κ2) is 7.94. The molecule has 0 saturated heterocycles. The van der Waals surface area contributed by atoms with E-state index in [9.17, 15) is 14.7 Å². The standard InChI is InChI=1S/C20H23NO4/c1-20(2,19(23)24)21(3)17(22)14-25-18(15-10-6-4-7-11-15)16-12-8-5-9-13-16/h4-13,18H,14H2,1-3H3,(H,23,24). The van der Waals surface area contributed by atoms with Crippen LogP contribution in [-0.4, -0.2) is 41.1 Å². The van der Waals surface area contributed by atoms with Crippen molar-refractivity contribution in [1.29, 1.82) is 0 Å². The van der Waals surface area contributed by atoms with Crippen molar-refractivity contribution in [3.63, 3.8) is 0 Å². The largest absolute Gasteiger partial charge is 0.480 e. The van der Waals surface area contributed by atoms with Crippen molar-refractivity contribution in [2.24, 2.45) is 0 Å². The van der Waals surface area contributed by atoms with Crippen LogP contribution in [0.3, 0.4) is 0 Å². The molecule has 0 aliphatic heterocycles. The lowest BCUT2D eigenvalue weighted by molar-refractivity contribution is -0.157. The molecule has 0 unspecified atom stereocenters. The van der Waals surface area contributed by atoms with Crippen LogP contribution in [0.4, 0.5) is 0 Å². The molecule has 2 aromatic rings. The summed E-state index contributed by atoms with van der Waals surface area (Å²) in [5, 5.41) is 9.26. The molecule has 5 nitrogen and oxygen atoms in total. The summed E-state index contributed by atoms with van der Waals surface area (Å²) in [4.78, 5) is 24.9. The number of likely N-dealkylation sites (N-methyl/N-ethyl adjacent to an activating group) is 1. The maximum atomic E-state index is 12.4. The fraction of sp³-hybridized carbons (Fsp3) is 0.300. The molecule has 0 radical (unpaired) electrons. The van der Waals surface area contributed by atoms with E-state index < -0.39 is 17.6 Å². The van der Waals surface area contributed by atoms with Gasteiger partial charge in [0.2, 0.25) is 5.91 Å². The van der Waals surface area contributed by atoms with E-state index in [-0.39, 0.29) is 12.5 Å². The monoisotopic (exact) mass is 341 g/mol. The van der Waals surface area contributed by atoms with Gasteiger partial charge in [-0.3, -0.25) is 4.79 Å². The van der Waals surface area contributed by atoms with E-state index >= 15 is 0 Å². The summed E-state index contributed by atoms with van der Waals surface area (Å²) in [6.45, 7) is 2.76. The number of amides is 1. The predicted octanol–water partition coefficient (Wildman–Crippen LogP) is 3.11. The first kappa shape index (κ1) is 18.7. The highest BCUT2D eigenvalue weighted by Gasteiger charge is 2.35. The third-order valence-corrected chi connectivity index (χ3v) is 4.31. The summed E-state index contributed by atoms with van der Waals surface area (Å²) in [6, 6.07) is 19.2. The van der Waals surface area contributed by atoms with Gasteiger partial charge in [-0.15, -0.1) is 0 Å². The molecule has 0 aliphatic rings. The Hall–Kier alpha value is -2.66. The van der Waals surface area contributed by atoms with Gasteiger partial charge in [0, 0.05) is 7.05 Å². The molecule has 5 heteroatoms. The van der Waals surface area contributed by atoms with E-state index in [2.05, 4.69) is 0 Å². The molecule has 25 heavy (non-hydrogen) atoms. The molecule has 1 N–H and O–H groups in total. The summed E-state index contributed by atoms with van der Waals surface area (Å²) >= 11 is 0. The third-order valence-electron chi connectivity index (χ3n) is 4.31. The molecule has 0 aromatic heterocycles. The Kier molecular flexibility index (Phi) is 5.93. The maximum absolute atomic E-state index is 12.4. The molecule has 0 spiro atoms. The minimum atomic E-state index is -1.30. The second-order valence-corrected chi connectivity index (χ2v) is 6.33. The van der Waals surface area contributed by atoms with Crippen molar-refractivity contribution >= 4 is 11.9 Å². The number of carboxylic acids is 1. The van der Waals surface area contributed by atoms with Gasteiger partial charge in [-0.25, -0.2) is 4.79 Å². The highest BCUT2D eigenvalue weighted by atomic mass is 16.5. The maximum Gasteiger partial charge on any atom is 0.329 e. The summed E-state index contributed by atoms with van der Waals surface area (Å²) in [5.74, 6) is -1.45. The highest BCUT2D eigenvalue weighted by molar-refractivity contribution is 5.86. The van der Waals surface area contributed by atoms with Crippen LogP contribution in [0.15, 0.2) is 60.7 Å². The average molecular weight is 341 g/mol. The molecular formula is C20H23NO4. The lowest BCUT2D eigenvalue weighted by Crippen LogP contribution is -2.51. The van der Waals surface area contributed by atoms with Gasteiger partial charge >= 0.3 is 5.97 Å². The molecule has 0 fully saturated rings. The fourth-order valence-corrected chi connectivity index (χ4v) is 2.35. The van der Waals surface area contributed by atoms with Gasteiger partial charge in [-0.1, -0.05) is 60.7 Å². The minimum Gasteiger partial charge on any atom is -0.480 e. The van der Waals surface area contributed by atoms with Crippen LogP contribution in [0.2, 0.25) is 0 Å². The summed E-state index contributed by atoms with van der Waals surface area (Å²) in [6.07, 6.45) is -0.396. The van der Waals surface area contributed by atoms with Crippen molar-refractivity contribution in [3.05, 3.63) is 71.8 Å². The molecule has 0 atom stereocenters. The Morgan fingerprint density at radius 3 is 1.84 bits per heavy atom. The molecule has 1 amide bonds. The lowest BCUT2D eigenvalue weighted by atomic mass is 10.0. The first-order valence-electron chi connectivity index (χ1n) is 8.05. The number of hydrogen-bond acceptors (Lipinski definition) is 3. The van der Waals surface area contributed by atoms with Crippen molar-refractivity contribution in [3.8, 4) is 0 Å². The quantitative estimate of drug-likeness (QED) is 0.840. The number of benzene rings is 2. The van der Waals surface area contributed by atoms with Gasteiger partial charge in [-0.2, -0.15) is 0 Å². The van der Waals surface area contributed by atoms with Crippen molar-refractivity contribution in [1.82, 2.24) is 4.90 Å². The van der Waals surface area contributed by atoms with E-state index in [0.29, 0.717) is 0 Å². The Bertz CT molecular complexity index is 673. The van der Waals surface area contributed by atoms with Crippen LogP contribution in [0.5, 0.6) is 0 Å². The number of ether oxygens (including phenoxy) is 1. The zero-order valence-electron chi connectivity index (χ0n) is 14.7. The average Bonchev–Trinajstić information content (AvgIpc) is 2.62. The van der Waals surface area contributed by atoms with Crippen LogP contribution in [-0.2, 0) is 14.3 Å². The molecule has 132 valence electrons. The van der Waals surface area contributed by atoms with Crippen molar-refractivity contribution in [2.75, 3.05) is 13.7 Å². The molecule has 0 saturated carbocycles. The van der Waals surface area contributed by atoms with E-state index in [0.717, 1.165) is 11.1 Å². The number of carbonyl (C=O) groups is 2. The summed E-state index contributed by atoms with van der Waals surface area (Å²) in [5.41, 5.74) is 0.568. The van der Waals surface area contributed by atoms with Gasteiger partial charge in [0.25, 0.3) is 0 Å². The van der Waals surface area contributed by atoms with Crippen LogP contribution in [0, 0.1) is 0 Å². The smallest absolute Gasteiger partial charge is 0.329 e. The zero-order valence-corrected chi connectivity index (χ0v) is 14.7. The SMILES string of the molecule is CN(C(=O)COC(c1ccccc1)c1ccccc1)C(C)(C)C(=O)O. The Labute approximate surface area is 147 Å². The van der Waals surface area contributed by atoms with Crippen molar-refractivity contribution < 1.29 is 19.4 Å². The Morgan fingerprint density at radius 2 is 1.44 bits per heavy atom. The second-order valence-electron chi connectivity index (χ2n) is 6.33. The van der Waals surface area contributed by atoms with Crippen LogP contribution in [0.25, 0.3) is 0 Å². The van der Waals surface area contributed by atoms with Gasteiger partial charge in [0.05, 0.1) is 0 Å². The van der Waals surface area contributed by atoms with Crippen LogP contribution in [0.1, 0.15) is 31.1 Å². The van der Waals surface area contributed by atoms with E-state index in [1.54, 1.807) is 0 Å². The molecular weight excluding hydrogens is 318 g/mol. The molecule has 0 bridgehead atoms. The highest BCUT2D eigenvalue weighted by Crippen LogP contribution is 2.26. The Balaban J connectivity index is 2.16. The number of carbonyl (C=O) groups excluding carboxylic acids is 1. The fourth-order valence-electron chi connectivity index (χ4n) is 2.35. The number of rotatable bonds is 7. The van der Waals surface area contributed by atoms with E-state index in [1.807, 2.05) is 60.7 Å². The normalized spacial score (nSPS) is 11.4. The number of carboxylic acid groups (broad SMARTS) is 1. The van der Waals surface area contributed by atoms with Gasteiger partial charge < -0.3 is 14.7 Å². The third kappa shape index (κ3) is 4.45. The minimum absolute atomic E-state index is 0.207. The van der Waals surface area contributed by atoms with Crippen LogP contribution >= 0.6 is 0 Å². The van der Waals surface area contributed by atoms with Gasteiger partial charge in [0.15, 0.2) is 0 Å². The number of hydrogen-bond donors (Lipinski definition) is 1. The molecule has 0 aliphatic carbocycles. The number of nitrogens with zero attached hydrogens (tertiary/aromatic N) is 1. The topological polar surface area (TPSA) is 66.8 Å². The zero-order chi connectivity index (χ0) is 18.4. The summed E-state index contributed by atoms with van der Waals surface area (Å²) < 4.78 is 5.89. The lowest BCUT2D eigenvalue weighted by Gasteiger charge is -2.32. The first-order valence-corrected chi connectivity index (χ1v) is 8.05. The number of aliphatic carboxylic acids is 1. The van der Waals surface area contributed by atoms with E-state index in [1.165, 1.54) is 25.8 Å². The molecule has 2 rings (SSSR count). The van der Waals surface area contributed by atoms with Gasteiger partial charge in [-0.05, 0) is 25.0 Å².